The van der Waals surface area contributed by atoms with E-state index in [2.05, 4.69) is 11.8 Å². The highest BCUT2D eigenvalue weighted by atomic mass is 16.3. The van der Waals surface area contributed by atoms with Crippen molar-refractivity contribution in [1.82, 2.24) is 4.90 Å². The van der Waals surface area contributed by atoms with Crippen molar-refractivity contribution in [3.8, 4) is 0 Å². The molecule has 2 aliphatic heterocycles. The van der Waals surface area contributed by atoms with Crippen LogP contribution in [0.5, 0.6) is 0 Å². The fourth-order valence-corrected chi connectivity index (χ4v) is 6.17. The van der Waals surface area contributed by atoms with E-state index in [0.29, 0.717) is 6.42 Å². The van der Waals surface area contributed by atoms with Gasteiger partial charge in [-0.25, -0.2) is 0 Å². The summed E-state index contributed by atoms with van der Waals surface area (Å²) < 4.78 is 0. The van der Waals surface area contributed by atoms with Crippen molar-refractivity contribution in [2.45, 2.75) is 63.7 Å². The highest BCUT2D eigenvalue weighted by Crippen LogP contribution is 2.60. The minimum atomic E-state index is -0.424. The highest BCUT2D eigenvalue weighted by molar-refractivity contribution is 5.95. The van der Waals surface area contributed by atoms with Gasteiger partial charge in [0.2, 0.25) is 0 Å². The Morgan fingerprint density at radius 3 is 2.82 bits per heavy atom. The summed E-state index contributed by atoms with van der Waals surface area (Å²) in [7, 11) is 0. The second kappa shape index (κ2) is 4.89. The van der Waals surface area contributed by atoms with E-state index in [1.54, 1.807) is 6.92 Å². The van der Waals surface area contributed by atoms with Gasteiger partial charge in [0, 0.05) is 23.9 Å². The summed E-state index contributed by atoms with van der Waals surface area (Å²) in [6.07, 6.45) is 3.73. The number of piperidine rings is 1. The molecule has 0 amide bonds. The van der Waals surface area contributed by atoms with E-state index in [0.717, 1.165) is 44.3 Å². The van der Waals surface area contributed by atoms with Crippen molar-refractivity contribution >= 4 is 5.78 Å². The first-order valence-electron chi connectivity index (χ1n) is 8.82. The molecule has 22 heavy (non-hydrogen) atoms. The van der Waals surface area contributed by atoms with Crippen molar-refractivity contribution in [3.63, 3.8) is 0 Å². The molecule has 0 unspecified atom stereocenters. The van der Waals surface area contributed by atoms with Crippen LogP contribution < -0.4 is 0 Å². The second-order valence-corrected chi connectivity index (χ2v) is 7.94. The number of nitrogens with zero attached hydrogens (tertiary/aromatic N) is 1. The molecule has 3 fully saturated rings. The largest absolute Gasteiger partial charge is 0.393 e. The number of aliphatic hydroxyl groups is 2. The molecule has 2 heterocycles. The number of carbonyl (C=O) groups excluding carboxylic acids is 1. The Balaban J connectivity index is 1.95. The summed E-state index contributed by atoms with van der Waals surface area (Å²) in [5, 5.41) is 21.5. The fraction of sp³-hybridized carbons (Fsp3) is 0.833. The van der Waals surface area contributed by atoms with Gasteiger partial charge < -0.3 is 10.2 Å². The third-order valence-electron chi connectivity index (χ3n) is 6.93. The summed E-state index contributed by atoms with van der Waals surface area (Å²) in [4.78, 5) is 14.8. The van der Waals surface area contributed by atoms with E-state index in [1.165, 1.54) is 5.57 Å². The molecule has 4 nitrogen and oxygen atoms in total. The normalized spacial score (nSPS) is 48.1. The lowest BCUT2D eigenvalue weighted by Crippen LogP contribution is -2.71. The Hall–Kier alpha value is -0.710. The highest BCUT2D eigenvalue weighted by Gasteiger charge is 2.62. The van der Waals surface area contributed by atoms with E-state index in [1.807, 2.05) is 0 Å². The molecule has 1 spiro atoms. The third kappa shape index (κ3) is 1.72. The summed E-state index contributed by atoms with van der Waals surface area (Å²) in [6, 6.07) is 0. The van der Waals surface area contributed by atoms with Gasteiger partial charge >= 0.3 is 0 Å². The molecular weight excluding hydrogens is 278 g/mol. The van der Waals surface area contributed by atoms with Gasteiger partial charge in [0.15, 0.2) is 5.78 Å². The lowest BCUT2D eigenvalue weighted by Gasteiger charge is -2.65. The van der Waals surface area contributed by atoms with Crippen LogP contribution in [0.15, 0.2) is 11.1 Å². The number of hydrogen-bond acceptors (Lipinski definition) is 4. The lowest BCUT2D eigenvalue weighted by molar-refractivity contribution is -0.141. The van der Waals surface area contributed by atoms with Gasteiger partial charge in [0.25, 0.3) is 0 Å². The Labute approximate surface area is 132 Å². The van der Waals surface area contributed by atoms with Crippen molar-refractivity contribution in [2.75, 3.05) is 13.1 Å². The van der Waals surface area contributed by atoms with Crippen molar-refractivity contribution in [2.24, 2.45) is 17.8 Å². The number of aliphatic hydroxyl groups excluding tert-OH is 2. The molecule has 4 rings (SSSR count). The van der Waals surface area contributed by atoms with Crippen LogP contribution in [0.4, 0.5) is 0 Å². The maximum absolute atomic E-state index is 12.3. The second-order valence-electron chi connectivity index (χ2n) is 7.94. The molecule has 122 valence electrons. The van der Waals surface area contributed by atoms with Crippen LogP contribution in [-0.4, -0.2) is 51.7 Å². The number of rotatable bonds is 1. The predicted octanol–water partition coefficient (Wildman–Crippen LogP) is 1.51. The maximum atomic E-state index is 12.3. The summed E-state index contributed by atoms with van der Waals surface area (Å²) in [6.45, 7) is 5.79. The fourth-order valence-electron chi connectivity index (χ4n) is 6.17. The Morgan fingerprint density at radius 2 is 2.09 bits per heavy atom. The van der Waals surface area contributed by atoms with Crippen LogP contribution in [-0.2, 0) is 4.79 Å². The molecule has 1 saturated heterocycles. The summed E-state index contributed by atoms with van der Waals surface area (Å²) in [5.74, 6) is 0.601. The molecule has 0 radical (unpaired) electrons. The van der Waals surface area contributed by atoms with E-state index >= 15 is 0 Å². The molecular formula is C18H27NO3. The Bertz CT molecular complexity index is 542. The maximum Gasteiger partial charge on any atom is 0.155 e. The van der Waals surface area contributed by atoms with Crippen LogP contribution in [0.1, 0.15) is 46.0 Å². The van der Waals surface area contributed by atoms with E-state index in [9.17, 15) is 15.0 Å². The lowest BCUT2D eigenvalue weighted by atomic mass is 9.50. The van der Waals surface area contributed by atoms with Gasteiger partial charge in [-0.05, 0) is 62.6 Å². The van der Waals surface area contributed by atoms with Gasteiger partial charge in [-0.15, -0.1) is 0 Å². The minimum absolute atomic E-state index is 0.0326. The van der Waals surface area contributed by atoms with Gasteiger partial charge in [-0.2, -0.15) is 0 Å². The van der Waals surface area contributed by atoms with Gasteiger partial charge in [0.05, 0.1) is 12.2 Å². The molecule has 2 aliphatic carbocycles. The van der Waals surface area contributed by atoms with Crippen LogP contribution in [0, 0.1) is 17.8 Å². The van der Waals surface area contributed by atoms with Crippen LogP contribution in [0.2, 0.25) is 0 Å². The average molecular weight is 305 g/mol. The summed E-state index contributed by atoms with van der Waals surface area (Å²) in [5.41, 5.74) is 2.02. The molecule has 2 N–H and O–H groups in total. The van der Waals surface area contributed by atoms with Crippen molar-refractivity contribution in [3.05, 3.63) is 11.1 Å². The molecule has 2 saturated carbocycles. The average Bonchev–Trinajstić information content (AvgIpc) is 2.47. The molecule has 0 aromatic carbocycles. The van der Waals surface area contributed by atoms with Crippen molar-refractivity contribution in [1.29, 1.82) is 0 Å². The summed E-state index contributed by atoms with van der Waals surface area (Å²) >= 11 is 0. The standard InChI is InChI=1S/C18H27NO3/c1-10-9-18-14-4-3-6-19(18)7-5-12(11(2)20)16(18)13(17(10)22)8-15(14)21/h10,13-15,17,21-22H,3-9H2,1-2H3/t10-,13-,14+,15+,17+,18-/m0/s1. The first-order valence-corrected chi connectivity index (χ1v) is 8.82. The molecule has 2 bridgehead atoms. The number of ketones is 1. The Morgan fingerprint density at radius 1 is 1.32 bits per heavy atom. The molecule has 4 heteroatoms. The van der Waals surface area contributed by atoms with E-state index in [-0.39, 0.29) is 35.2 Å². The first-order chi connectivity index (χ1) is 10.5. The molecule has 0 aromatic rings. The zero-order valence-electron chi connectivity index (χ0n) is 13.6. The minimum Gasteiger partial charge on any atom is -0.393 e. The SMILES string of the molecule is CC(=O)C1=C2[C@@H]3C[C@@H](O)[C@H]4CCCN(CC1)[C@]24C[C@H](C)[C@H]3O. The molecule has 6 atom stereocenters. The van der Waals surface area contributed by atoms with Gasteiger partial charge in [0.1, 0.15) is 0 Å². The number of Topliss-reactive ketones (excluding diaryl/α,β-unsaturated/α-hetero) is 1. The quantitative estimate of drug-likeness (QED) is 0.771. The smallest absolute Gasteiger partial charge is 0.155 e. The predicted molar refractivity (Wildman–Crippen MR) is 83.3 cm³/mol. The number of hydrogen-bond donors (Lipinski definition) is 2. The molecule has 0 aromatic heterocycles. The van der Waals surface area contributed by atoms with Gasteiger partial charge in [-0.1, -0.05) is 6.92 Å². The zero-order valence-corrected chi connectivity index (χ0v) is 13.6. The zero-order chi connectivity index (χ0) is 15.6. The van der Waals surface area contributed by atoms with Crippen molar-refractivity contribution < 1.29 is 15.0 Å². The van der Waals surface area contributed by atoms with E-state index < -0.39 is 6.10 Å². The van der Waals surface area contributed by atoms with Crippen LogP contribution in [0.3, 0.4) is 0 Å². The van der Waals surface area contributed by atoms with E-state index in [4.69, 9.17) is 0 Å². The van der Waals surface area contributed by atoms with Crippen LogP contribution >= 0.6 is 0 Å². The first kappa shape index (κ1) is 14.9. The third-order valence-corrected chi connectivity index (χ3v) is 6.93. The Kier molecular flexibility index (Phi) is 3.30. The van der Waals surface area contributed by atoms with Gasteiger partial charge in [-0.3, -0.25) is 9.69 Å². The topological polar surface area (TPSA) is 60.8 Å². The monoisotopic (exact) mass is 305 g/mol. The van der Waals surface area contributed by atoms with Crippen LogP contribution in [0.25, 0.3) is 0 Å². The molecule has 4 aliphatic rings. The number of carbonyl (C=O) groups is 1.